The van der Waals surface area contributed by atoms with Crippen LogP contribution in [0.4, 0.5) is 0 Å². The van der Waals surface area contributed by atoms with Crippen molar-refractivity contribution < 1.29 is 5.11 Å². The first-order valence-corrected chi connectivity index (χ1v) is 8.54. The highest BCUT2D eigenvalue weighted by Crippen LogP contribution is 2.49. The van der Waals surface area contributed by atoms with Gasteiger partial charge in [0, 0.05) is 6.21 Å². The maximum atomic E-state index is 11.3. The Labute approximate surface area is 127 Å². The first-order valence-electron chi connectivity index (χ1n) is 8.54. The van der Waals surface area contributed by atoms with Crippen molar-refractivity contribution in [2.24, 2.45) is 10.4 Å². The second-order valence-electron chi connectivity index (χ2n) is 7.44. The highest BCUT2D eigenvalue weighted by Gasteiger charge is 2.39. The Kier molecular flexibility index (Phi) is 3.18. The highest BCUT2D eigenvalue weighted by atomic mass is 16.3. The number of nitrogens with zero attached hydrogens (tertiary/aromatic N) is 1. The number of aliphatic imine (C=N–C) groups is 1. The van der Waals surface area contributed by atoms with Crippen LogP contribution in [0.1, 0.15) is 79.4 Å². The van der Waals surface area contributed by atoms with Gasteiger partial charge in [0.2, 0.25) is 0 Å². The number of benzene rings is 1. The number of hydrogen-bond donors (Lipinski definition) is 1. The minimum Gasteiger partial charge on any atom is -0.388 e. The Morgan fingerprint density at radius 1 is 1.10 bits per heavy atom. The molecule has 0 bridgehead atoms. The molecule has 2 nitrogen and oxygen atoms in total. The average molecular weight is 283 g/mol. The monoisotopic (exact) mass is 283 g/mol. The zero-order chi connectivity index (χ0) is 14.4. The van der Waals surface area contributed by atoms with Gasteiger partial charge in [0.15, 0.2) is 0 Å². The third-order valence-corrected chi connectivity index (χ3v) is 6.00. The predicted octanol–water partition coefficient (Wildman–Crippen LogP) is 4.11. The average Bonchev–Trinajstić information content (AvgIpc) is 3.13. The molecular formula is C19H25NO. The van der Waals surface area contributed by atoms with E-state index in [0.29, 0.717) is 0 Å². The van der Waals surface area contributed by atoms with Crippen LogP contribution in [-0.4, -0.2) is 11.3 Å². The lowest BCUT2D eigenvalue weighted by atomic mass is 9.68. The molecule has 1 heterocycles. The minimum atomic E-state index is -0.304. The van der Waals surface area contributed by atoms with Gasteiger partial charge in [-0.2, -0.15) is 0 Å². The van der Waals surface area contributed by atoms with Crippen molar-refractivity contribution in [2.75, 3.05) is 0 Å². The van der Waals surface area contributed by atoms with Crippen LogP contribution in [0, 0.1) is 5.41 Å². The molecule has 0 radical (unpaired) electrons. The van der Waals surface area contributed by atoms with Gasteiger partial charge in [-0.1, -0.05) is 26.2 Å². The molecular weight excluding hydrogens is 258 g/mol. The van der Waals surface area contributed by atoms with E-state index < -0.39 is 0 Å². The van der Waals surface area contributed by atoms with Gasteiger partial charge in [0.05, 0.1) is 12.6 Å². The number of hydrogen-bond acceptors (Lipinski definition) is 2. The van der Waals surface area contributed by atoms with Crippen LogP contribution in [0.3, 0.4) is 0 Å². The molecule has 1 atom stereocenters. The van der Waals surface area contributed by atoms with Crippen molar-refractivity contribution in [3.05, 3.63) is 33.9 Å². The molecule has 1 aromatic rings. The van der Waals surface area contributed by atoms with Crippen molar-refractivity contribution in [3.8, 4) is 0 Å². The number of aliphatic hydroxyl groups is 1. The smallest absolute Gasteiger partial charge is 0.0849 e. The molecule has 2 aliphatic carbocycles. The molecule has 21 heavy (non-hydrogen) atoms. The van der Waals surface area contributed by atoms with E-state index in [1.165, 1.54) is 59.9 Å². The van der Waals surface area contributed by atoms with Crippen LogP contribution in [-0.2, 0) is 19.4 Å². The molecule has 112 valence electrons. The first-order chi connectivity index (χ1) is 10.2. The lowest BCUT2D eigenvalue weighted by Gasteiger charge is -2.39. The third kappa shape index (κ3) is 2.07. The zero-order valence-corrected chi connectivity index (χ0v) is 13.0. The van der Waals surface area contributed by atoms with Crippen molar-refractivity contribution >= 4 is 6.21 Å². The Morgan fingerprint density at radius 2 is 1.90 bits per heavy atom. The number of rotatable bonds is 2. The predicted molar refractivity (Wildman–Crippen MR) is 85.9 cm³/mol. The topological polar surface area (TPSA) is 32.6 Å². The van der Waals surface area contributed by atoms with Gasteiger partial charge < -0.3 is 5.11 Å². The number of aryl methyl sites for hydroxylation is 1. The van der Waals surface area contributed by atoms with Crippen LogP contribution in [0.25, 0.3) is 0 Å². The summed E-state index contributed by atoms with van der Waals surface area (Å²) in [5.41, 5.74) is 6.84. The van der Waals surface area contributed by atoms with Crippen molar-refractivity contribution in [1.29, 1.82) is 0 Å². The molecule has 1 saturated carbocycles. The molecule has 1 aromatic carbocycles. The third-order valence-electron chi connectivity index (χ3n) is 6.00. The molecule has 0 spiro atoms. The maximum Gasteiger partial charge on any atom is 0.0849 e. The van der Waals surface area contributed by atoms with E-state index in [4.69, 9.17) is 0 Å². The molecule has 0 amide bonds. The summed E-state index contributed by atoms with van der Waals surface area (Å²) in [7, 11) is 0. The zero-order valence-electron chi connectivity index (χ0n) is 13.0. The molecule has 0 aromatic heterocycles. The van der Waals surface area contributed by atoms with Gasteiger partial charge in [-0.3, -0.25) is 4.99 Å². The Morgan fingerprint density at radius 3 is 2.71 bits per heavy atom. The van der Waals surface area contributed by atoms with E-state index in [-0.39, 0.29) is 11.5 Å². The van der Waals surface area contributed by atoms with E-state index in [1.807, 2.05) is 6.21 Å². The van der Waals surface area contributed by atoms with E-state index in [0.717, 1.165) is 25.8 Å². The molecule has 0 saturated heterocycles. The van der Waals surface area contributed by atoms with Crippen molar-refractivity contribution in [3.63, 3.8) is 0 Å². The van der Waals surface area contributed by atoms with E-state index in [2.05, 4.69) is 18.0 Å². The quantitative estimate of drug-likeness (QED) is 0.870. The fraction of sp³-hybridized carbons (Fsp3) is 0.632. The maximum absolute atomic E-state index is 11.3. The van der Waals surface area contributed by atoms with Gasteiger partial charge in [0.25, 0.3) is 0 Å². The van der Waals surface area contributed by atoms with Crippen molar-refractivity contribution in [2.45, 2.75) is 70.9 Å². The fourth-order valence-corrected chi connectivity index (χ4v) is 4.68. The Bertz CT molecular complexity index is 592. The van der Waals surface area contributed by atoms with Gasteiger partial charge in [0.1, 0.15) is 0 Å². The molecule has 3 aliphatic rings. The summed E-state index contributed by atoms with van der Waals surface area (Å²) in [6.45, 7) is 3.07. The summed E-state index contributed by atoms with van der Waals surface area (Å²) in [5.74, 6) is 0. The Hall–Kier alpha value is -1.15. The standard InChI is InChI=1S/C19H25NO/c1-19(8-3-2-4-9-19)18(21)17-15-7-5-6-13(15)10-14-11-20-12-16(14)17/h10-11,18,21H,2-9,12H2,1H3. The van der Waals surface area contributed by atoms with Crippen molar-refractivity contribution in [1.82, 2.24) is 0 Å². The number of fused-ring (bicyclic) bond motifs is 2. The summed E-state index contributed by atoms with van der Waals surface area (Å²) in [5, 5.41) is 11.3. The highest BCUT2D eigenvalue weighted by molar-refractivity contribution is 5.86. The Balaban J connectivity index is 1.81. The lowest BCUT2D eigenvalue weighted by Crippen LogP contribution is -2.29. The summed E-state index contributed by atoms with van der Waals surface area (Å²) in [4.78, 5) is 4.47. The molecule has 1 unspecified atom stereocenters. The largest absolute Gasteiger partial charge is 0.388 e. The second kappa shape index (κ2) is 4.95. The molecule has 2 heteroatoms. The fourth-order valence-electron chi connectivity index (χ4n) is 4.68. The summed E-state index contributed by atoms with van der Waals surface area (Å²) < 4.78 is 0. The SMILES string of the molecule is CC1(C(O)c2c3c(cc4c2CCC4)C=NC3)CCCCC1. The summed E-state index contributed by atoms with van der Waals surface area (Å²) in [6, 6.07) is 2.33. The molecule has 1 aliphatic heterocycles. The van der Waals surface area contributed by atoms with Gasteiger partial charge in [-0.15, -0.1) is 0 Å². The van der Waals surface area contributed by atoms with E-state index in [9.17, 15) is 5.11 Å². The van der Waals surface area contributed by atoms with Crippen LogP contribution in [0.5, 0.6) is 0 Å². The molecule has 4 rings (SSSR count). The lowest BCUT2D eigenvalue weighted by molar-refractivity contribution is 0.00710. The van der Waals surface area contributed by atoms with Crippen LogP contribution in [0.15, 0.2) is 11.1 Å². The van der Waals surface area contributed by atoms with Gasteiger partial charge >= 0.3 is 0 Å². The second-order valence-corrected chi connectivity index (χ2v) is 7.44. The van der Waals surface area contributed by atoms with Gasteiger partial charge in [-0.05, 0) is 71.4 Å². The summed E-state index contributed by atoms with van der Waals surface area (Å²) >= 11 is 0. The van der Waals surface area contributed by atoms with E-state index in [1.54, 1.807) is 0 Å². The van der Waals surface area contributed by atoms with E-state index >= 15 is 0 Å². The van der Waals surface area contributed by atoms with Crippen LogP contribution >= 0.6 is 0 Å². The number of aliphatic hydroxyl groups excluding tert-OH is 1. The van der Waals surface area contributed by atoms with Gasteiger partial charge in [-0.25, -0.2) is 0 Å². The molecule has 1 N–H and O–H groups in total. The minimum absolute atomic E-state index is 0.0618. The first kappa shape index (κ1) is 13.5. The molecule has 1 fully saturated rings. The van der Waals surface area contributed by atoms with Crippen LogP contribution in [0.2, 0.25) is 0 Å². The normalized spacial score (nSPS) is 23.9. The summed E-state index contributed by atoms with van der Waals surface area (Å²) in [6.07, 6.45) is 11.4. The van der Waals surface area contributed by atoms with Crippen LogP contribution < -0.4 is 0 Å².